The molecule has 0 spiro atoms. The molecule has 0 unspecified atom stereocenters. The van der Waals surface area contributed by atoms with Crippen LogP contribution in [0.4, 0.5) is 4.79 Å². The van der Waals surface area contributed by atoms with Crippen molar-refractivity contribution in [1.82, 2.24) is 5.43 Å². The number of amides is 2. The molecule has 0 radical (unpaired) electrons. The van der Waals surface area contributed by atoms with Gasteiger partial charge in [0.05, 0.1) is 5.71 Å². The number of nitrogens with zero attached hydrogens (tertiary/aromatic N) is 1. The first-order valence-electron chi connectivity index (χ1n) is 4.87. The predicted molar refractivity (Wildman–Crippen MR) is 53.9 cm³/mol. The molecule has 0 heterocycles. The Labute approximate surface area is 83.4 Å². The average molecular weight is 199 g/mol. The largest absolute Gasteiger partial charge is 0.384 e. The van der Waals surface area contributed by atoms with Gasteiger partial charge in [-0.15, -0.1) is 0 Å². The first-order valence-corrected chi connectivity index (χ1v) is 4.87. The Morgan fingerprint density at radius 3 is 2.50 bits per heavy atom. The molecule has 2 amide bonds. The molecule has 5 heteroatoms. The lowest BCUT2D eigenvalue weighted by atomic mass is 9.82. The van der Waals surface area contributed by atoms with E-state index in [-0.39, 0.29) is 0 Å². The van der Waals surface area contributed by atoms with Crippen LogP contribution in [0.15, 0.2) is 5.10 Å². The van der Waals surface area contributed by atoms with E-state index in [0.29, 0.717) is 18.6 Å². The lowest BCUT2D eigenvalue weighted by Crippen LogP contribution is -2.40. The highest BCUT2D eigenvalue weighted by Gasteiger charge is 2.32. The van der Waals surface area contributed by atoms with E-state index >= 15 is 0 Å². The molecule has 1 aliphatic carbocycles. The second-order valence-corrected chi connectivity index (χ2v) is 3.77. The van der Waals surface area contributed by atoms with Crippen LogP contribution >= 0.6 is 0 Å². The summed E-state index contributed by atoms with van der Waals surface area (Å²) in [5.74, 6) is 0. The SMILES string of the molecule is CC(=NNC(N)=O)C1(O)CCCCC1. The Balaban J connectivity index is 2.60. The minimum atomic E-state index is -0.847. The highest BCUT2D eigenvalue weighted by Crippen LogP contribution is 2.29. The van der Waals surface area contributed by atoms with Crippen LogP contribution in [0.25, 0.3) is 0 Å². The summed E-state index contributed by atoms with van der Waals surface area (Å²) in [5.41, 5.74) is 6.70. The van der Waals surface area contributed by atoms with Crippen LogP contribution in [0.2, 0.25) is 0 Å². The number of hydrogen-bond acceptors (Lipinski definition) is 3. The molecule has 0 aromatic carbocycles. The Kier molecular flexibility index (Phi) is 3.46. The number of carbonyl (C=O) groups excluding carboxylic acids is 1. The Bertz CT molecular complexity index is 244. The maximum absolute atomic E-state index is 10.4. The zero-order chi connectivity index (χ0) is 10.6. The number of nitrogens with two attached hydrogens (primary N) is 1. The Morgan fingerprint density at radius 1 is 1.43 bits per heavy atom. The number of urea groups is 1. The predicted octanol–water partition coefficient (Wildman–Crippen LogP) is 0.726. The van der Waals surface area contributed by atoms with Crippen LogP contribution in [-0.2, 0) is 0 Å². The van der Waals surface area contributed by atoms with Crippen molar-refractivity contribution < 1.29 is 9.90 Å². The molecular weight excluding hydrogens is 182 g/mol. The number of rotatable bonds is 2. The van der Waals surface area contributed by atoms with E-state index in [4.69, 9.17) is 5.73 Å². The van der Waals surface area contributed by atoms with Gasteiger partial charge in [-0.2, -0.15) is 5.10 Å². The Morgan fingerprint density at radius 2 is 2.00 bits per heavy atom. The van der Waals surface area contributed by atoms with Gasteiger partial charge in [-0.3, -0.25) is 0 Å². The van der Waals surface area contributed by atoms with Crippen LogP contribution in [0.1, 0.15) is 39.0 Å². The quantitative estimate of drug-likeness (QED) is 0.452. The average Bonchev–Trinajstić information content (AvgIpc) is 2.15. The number of hydrazone groups is 1. The van der Waals surface area contributed by atoms with Crippen LogP contribution in [0.5, 0.6) is 0 Å². The summed E-state index contributed by atoms with van der Waals surface area (Å²) in [7, 11) is 0. The molecule has 1 saturated carbocycles. The van der Waals surface area contributed by atoms with Gasteiger partial charge in [-0.25, -0.2) is 10.2 Å². The van der Waals surface area contributed by atoms with Gasteiger partial charge < -0.3 is 10.8 Å². The maximum Gasteiger partial charge on any atom is 0.332 e. The van der Waals surface area contributed by atoms with E-state index in [0.717, 1.165) is 19.3 Å². The molecule has 0 bridgehead atoms. The molecule has 1 fully saturated rings. The molecule has 0 saturated heterocycles. The third-order valence-electron chi connectivity index (χ3n) is 2.69. The smallest absolute Gasteiger partial charge is 0.332 e. The van der Waals surface area contributed by atoms with Crippen molar-refractivity contribution >= 4 is 11.7 Å². The van der Waals surface area contributed by atoms with Crippen molar-refractivity contribution in [3.05, 3.63) is 0 Å². The van der Waals surface area contributed by atoms with Crippen LogP contribution in [0.3, 0.4) is 0 Å². The summed E-state index contributed by atoms with van der Waals surface area (Å²) in [4.78, 5) is 10.4. The monoisotopic (exact) mass is 199 g/mol. The Hall–Kier alpha value is -1.10. The van der Waals surface area contributed by atoms with E-state index in [9.17, 15) is 9.90 Å². The van der Waals surface area contributed by atoms with Gasteiger partial charge in [0, 0.05) is 0 Å². The van der Waals surface area contributed by atoms with Gasteiger partial charge in [-0.05, 0) is 19.8 Å². The summed E-state index contributed by atoms with van der Waals surface area (Å²) >= 11 is 0. The van der Waals surface area contributed by atoms with Crippen molar-refractivity contribution in [2.24, 2.45) is 10.8 Å². The number of hydrogen-bond donors (Lipinski definition) is 3. The number of primary amides is 1. The van der Waals surface area contributed by atoms with Crippen LogP contribution in [0, 0.1) is 0 Å². The summed E-state index contributed by atoms with van der Waals surface area (Å²) in [6.07, 6.45) is 4.57. The van der Waals surface area contributed by atoms with Crippen molar-refractivity contribution in [3.8, 4) is 0 Å². The van der Waals surface area contributed by atoms with Crippen LogP contribution < -0.4 is 11.2 Å². The molecule has 0 atom stereocenters. The van der Waals surface area contributed by atoms with E-state index in [1.54, 1.807) is 6.92 Å². The zero-order valence-corrected chi connectivity index (χ0v) is 8.42. The van der Waals surface area contributed by atoms with Gasteiger partial charge in [-0.1, -0.05) is 19.3 Å². The molecule has 4 N–H and O–H groups in total. The highest BCUT2D eigenvalue weighted by atomic mass is 16.3. The van der Waals surface area contributed by atoms with Crippen molar-refractivity contribution in [2.45, 2.75) is 44.6 Å². The van der Waals surface area contributed by atoms with Crippen molar-refractivity contribution in [2.75, 3.05) is 0 Å². The summed E-state index contributed by atoms with van der Waals surface area (Å²) in [5, 5.41) is 13.9. The fourth-order valence-corrected chi connectivity index (χ4v) is 1.74. The molecule has 14 heavy (non-hydrogen) atoms. The minimum absolute atomic E-state index is 0.538. The van der Waals surface area contributed by atoms with E-state index < -0.39 is 11.6 Å². The standard InChI is InChI=1S/C9H17N3O2/c1-7(11-12-8(10)13)9(14)5-3-2-4-6-9/h14H,2-6H2,1H3,(H3,10,12,13). The van der Waals surface area contributed by atoms with Crippen molar-refractivity contribution in [3.63, 3.8) is 0 Å². The zero-order valence-electron chi connectivity index (χ0n) is 8.42. The lowest BCUT2D eigenvalue weighted by molar-refractivity contribution is 0.0699. The van der Waals surface area contributed by atoms with E-state index in [1.807, 2.05) is 0 Å². The van der Waals surface area contributed by atoms with E-state index in [2.05, 4.69) is 10.5 Å². The third-order valence-corrected chi connectivity index (χ3v) is 2.69. The first-order chi connectivity index (χ1) is 6.54. The topological polar surface area (TPSA) is 87.7 Å². The highest BCUT2D eigenvalue weighted by molar-refractivity contribution is 5.91. The molecule has 1 rings (SSSR count). The van der Waals surface area contributed by atoms with E-state index in [1.165, 1.54) is 0 Å². The second-order valence-electron chi connectivity index (χ2n) is 3.77. The third kappa shape index (κ3) is 2.70. The van der Waals surface area contributed by atoms with Gasteiger partial charge in [0.2, 0.25) is 0 Å². The van der Waals surface area contributed by atoms with Gasteiger partial charge in [0.15, 0.2) is 0 Å². The van der Waals surface area contributed by atoms with Gasteiger partial charge >= 0.3 is 6.03 Å². The first kappa shape index (κ1) is 11.0. The second kappa shape index (κ2) is 4.41. The summed E-state index contributed by atoms with van der Waals surface area (Å²) in [6, 6.07) is -0.705. The number of nitrogens with one attached hydrogen (secondary N) is 1. The normalized spacial score (nSPS) is 21.7. The molecule has 0 aromatic heterocycles. The van der Waals surface area contributed by atoms with Crippen LogP contribution in [-0.4, -0.2) is 22.5 Å². The molecule has 80 valence electrons. The fraction of sp³-hybridized carbons (Fsp3) is 0.778. The molecule has 0 aromatic rings. The maximum atomic E-state index is 10.4. The summed E-state index contributed by atoms with van der Waals surface area (Å²) < 4.78 is 0. The summed E-state index contributed by atoms with van der Waals surface area (Å²) in [6.45, 7) is 1.71. The van der Waals surface area contributed by atoms with Gasteiger partial charge in [0.25, 0.3) is 0 Å². The molecule has 0 aliphatic heterocycles. The molecular formula is C9H17N3O2. The number of carbonyl (C=O) groups is 1. The fourth-order valence-electron chi connectivity index (χ4n) is 1.74. The minimum Gasteiger partial charge on any atom is -0.384 e. The molecule has 5 nitrogen and oxygen atoms in total. The van der Waals surface area contributed by atoms with Crippen molar-refractivity contribution in [1.29, 1.82) is 0 Å². The lowest BCUT2D eigenvalue weighted by Gasteiger charge is -2.31. The molecule has 1 aliphatic rings. The number of aliphatic hydroxyl groups is 1. The van der Waals surface area contributed by atoms with Gasteiger partial charge in [0.1, 0.15) is 5.60 Å².